The largest absolute Gasteiger partial charge is 0.490 e. The van der Waals surface area contributed by atoms with E-state index in [1.165, 1.54) is 0 Å². The lowest BCUT2D eigenvalue weighted by atomic mass is 10.1. The van der Waals surface area contributed by atoms with Gasteiger partial charge in [-0.1, -0.05) is 35.9 Å². The van der Waals surface area contributed by atoms with Crippen LogP contribution in [0.5, 0.6) is 11.5 Å². The zero-order chi connectivity index (χ0) is 15.1. The molecule has 0 radical (unpaired) electrons. The van der Waals surface area contributed by atoms with Crippen molar-refractivity contribution in [3.63, 3.8) is 0 Å². The Kier molecular flexibility index (Phi) is 5.90. The predicted molar refractivity (Wildman–Crippen MR) is 86.2 cm³/mol. The zero-order valence-corrected chi connectivity index (χ0v) is 13.1. The first-order valence-electron chi connectivity index (χ1n) is 7.01. The average molecular weight is 306 g/mol. The first-order valence-corrected chi connectivity index (χ1v) is 7.39. The van der Waals surface area contributed by atoms with Crippen LogP contribution >= 0.6 is 11.6 Å². The van der Waals surface area contributed by atoms with Gasteiger partial charge in [-0.2, -0.15) is 0 Å². The van der Waals surface area contributed by atoms with Crippen molar-refractivity contribution < 1.29 is 9.47 Å². The lowest BCUT2D eigenvalue weighted by molar-refractivity contribution is 0.266. The maximum Gasteiger partial charge on any atom is 0.166 e. The molecule has 0 amide bonds. The Labute approximate surface area is 130 Å². The Morgan fingerprint density at radius 3 is 2.48 bits per heavy atom. The minimum Gasteiger partial charge on any atom is -0.490 e. The fourth-order valence-electron chi connectivity index (χ4n) is 2.06. The normalized spacial score (nSPS) is 10.4. The van der Waals surface area contributed by atoms with Crippen LogP contribution in [0.25, 0.3) is 0 Å². The molecule has 0 aliphatic heterocycles. The molecule has 1 N–H and O–H groups in total. The molecule has 0 saturated heterocycles. The van der Waals surface area contributed by atoms with Gasteiger partial charge in [-0.3, -0.25) is 0 Å². The second-order valence-electron chi connectivity index (χ2n) is 4.62. The van der Waals surface area contributed by atoms with Gasteiger partial charge in [-0.25, -0.2) is 0 Å². The van der Waals surface area contributed by atoms with Crippen LogP contribution in [0.2, 0.25) is 5.02 Å². The number of ether oxygens (including phenoxy) is 2. The summed E-state index contributed by atoms with van der Waals surface area (Å²) < 4.78 is 11.6. The Bertz CT molecular complexity index is 545. The van der Waals surface area contributed by atoms with E-state index in [9.17, 15) is 0 Å². The van der Waals surface area contributed by atoms with Crippen molar-refractivity contribution in [2.75, 3.05) is 13.7 Å². The van der Waals surface area contributed by atoms with Gasteiger partial charge in [-0.05, 0) is 37.7 Å². The molecule has 2 rings (SSSR count). The topological polar surface area (TPSA) is 30.5 Å². The van der Waals surface area contributed by atoms with E-state index in [2.05, 4.69) is 5.32 Å². The third kappa shape index (κ3) is 4.38. The highest BCUT2D eigenvalue weighted by Gasteiger charge is 2.10. The van der Waals surface area contributed by atoms with Crippen LogP contribution in [0, 0.1) is 0 Å². The van der Waals surface area contributed by atoms with Gasteiger partial charge in [0.25, 0.3) is 0 Å². The highest BCUT2D eigenvalue weighted by Crippen LogP contribution is 2.32. The smallest absolute Gasteiger partial charge is 0.166 e. The minimum atomic E-state index is 0.484. The summed E-state index contributed by atoms with van der Waals surface area (Å²) in [6.45, 7) is 3.79. The Balaban J connectivity index is 2.17. The molecule has 0 aliphatic carbocycles. The van der Waals surface area contributed by atoms with Gasteiger partial charge in [0, 0.05) is 17.1 Å². The van der Waals surface area contributed by atoms with E-state index < -0.39 is 0 Å². The molecule has 4 heteroatoms. The summed E-state index contributed by atoms with van der Waals surface area (Å²) in [5, 5.41) is 3.87. The van der Waals surface area contributed by atoms with Gasteiger partial charge in [0.1, 0.15) is 6.61 Å². The lowest BCUT2D eigenvalue weighted by Crippen LogP contribution is -2.09. The molecule has 0 spiro atoms. The molecule has 0 unspecified atom stereocenters. The molecule has 3 nitrogen and oxygen atoms in total. The van der Waals surface area contributed by atoms with Gasteiger partial charge >= 0.3 is 0 Å². The zero-order valence-electron chi connectivity index (χ0n) is 12.4. The summed E-state index contributed by atoms with van der Waals surface area (Å²) in [5.41, 5.74) is 2.15. The second-order valence-corrected chi connectivity index (χ2v) is 5.06. The average Bonchev–Trinajstić information content (AvgIpc) is 2.49. The van der Waals surface area contributed by atoms with Crippen molar-refractivity contribution in [1.29, 1.82) is 0 Å². The van der Waals surface area contributed by atoms with Crippen LogP contribution in [-0.4, -0.2) is 13.7 Å². The Morgan fingerprint density at radius 1 is 1.05 bits per heavy atom. The summed E-state index contributed by atoms with van der Waals surface area (Å²) in [6.07, 6.45) is 0. The van der Waals surface area contributed by atoms with Crippen LogP contribution in [0.1, 0.15) is 18.1 Å². The minimum absolute atomic E-state index is 0.484. The third-order valence-electron chi connectivity index (χ3n) is 3.02. The predicted octanol–water partition coefficient (Wildman–Crippen LogP) is 4.04. The summed E-state index contributed by atoms with van der Waals surface area (Å²) in [4.78, 5) is 0. The summed E-state index contributed by atoms with van der Waals surface area (Å²) in [6, 6.07) is 13.6. The summed E-state index contributed by atoms with van der Waals surface area (Å²) >= 11 is 5.89. The maximum absolute atomic E-state index is 5.99. The quantitative estimate of drug-likeness (QED) is 0.837. The SMILES string of the molecule is CCOc1cccc(CNC)c1OCc1ccc(Cl)cc1. The lowest BCUT2D eigenvalue weighted by Gasteiger charge is -2.16. The molecule has 2 aromatic rings. The molecular formula is C17H20ClNO2. The van der Waals surface area contributed by atoms with Crippen LogP contribution in [0.3, 0.4) is 0 Å². The van der Waals surface area contributed by atoms with Crippen LogP contribution < -0.4 is 14.8 Å². The van der Waals surface area contributed by atoms with Gasteiger partial charge < -0.3 is 14.8 Å². The number of para-hydroxylation sites is 1. The number of hydrogen-bond donors (Lipinski definition) is 1. The molecule has 2 aromatic carbocycles. The molecule has 0 saturated carbocycles. The van der Waals surface area contributed by atoms with Gasteiger partial charge in [0.05, 0.1) is 6.61 Å². The molecule has 0 aromatic heterocycles. The van der Waals surface area contributed by atoms with E-state index in [-0.39, 0.29) is 0 Å². The van der Waals surface area contributed by atoms with Crippen LogP contribution in [0.4, 0.5) is 0 Å². The molecule has 0 fully saturated rings. The standard InChI is InChI=1S/C17H20ClNO2/c1-3-20-16-6-4-5-14(11-19-2)17(16)21-12-13-7-9-15(18)10-8-13/h4-10,19H,3,11-12H2,1-2H3. The number of nitrogens with one attached hydrogen (secondary N) is 1. The van der Waals surface area contributed by atoms with E-state index in [1.807, 2.05) is 56.4 Å². The third-order valence-corrected chi connectivity index (χ3v) is 3.28. The van der Waals surface area contributed by atoms with Crippen molar-refractivity contribution in [3.05, 3.63) is 58.6 Å². The summed E-state index contributed by atoms with van der Waals surface area (Å²) in [5.74, 6) is 1.57. The van der Waals surface area contributed by atoms with E-state index in [0.29, 0.717) is 13.2 Å². The number of benzene rings is 2. The molecular weight excluding hydrogens is 286 g/mol. The van der Waals surface area contributed by atoms with E-state index in [1.54, 1.807) is 0 Å². The molecule has 112 valence electrons. The molecule has 0 heterocycles. The van der Waals surface area contributed by atoms with E-state index in [0.717, 1.165) is 34.2 Å². The van der Waals surface area contributed by atoms with Crippen molar-refractivity contribution in [2.24, 2.45) is 0 Å². The van der Waals surface area contributed by atoms with Crippen LogP contribution in [0.15, 0.2) is 42.5 Å². The molecule has 21 heavy (non-hydrogen) atoms. The van der Waals surface area contributed by atoms with Crippen molar-refractivity contribution in [2.45, 2.75) is 20.1 Å². The second kappa shape index (κ2) is 7.91. The summed E-state index contributed by atoms with van der Waals surface area (Å²) in [7, 11) is 1.91. The number of rotatable bonds is 7. The first kappa shape index (κ1) is 15.7. The van der Waals surface area contributed by atoms with Crippen molar-refractivity contribution >= 4 is 11.6 Å². The Hall–Kier alpha value is -1.71. The molecule has 0 aliphatic rings. The number of halogens is 1. The van der Waals surface area contributed by atoms with Gasteiger partial charge in [-0.15, -0.1) is 0 Å². The van der Waals surface area contributed by atoms with Gasteiger partial charge in [0.2, 0.25) is 0 Å². The Morgan fingerprint density at radius 2 is 1.81 bits per heavy atom. The number of hydrogen-bond acceptors (Lipinski definition) is 3. The van der Waals surface area contributed by atoms with Gasteiger partial charge in [0.15, 0.2) is 11.5 Å². The molecule has 0 atom stereocenters. The monoisotopic (exact) mass is 305 g/mol. The maximum atomic E-state index is 5.99. The molecule has 0 bridgehead atoms. The highest BCUT2D eigenvalue weighted by molar-refractivity contribution is 6.30. The first-order chi connectivity index (χ1) is 10.2. The van der Waals surface area contributed by atoms with Crippen molar-refractivity contribution in [1.82, 2.24) is 5.32 Å². The van der Waals surface area contributed by atoms with E-state index in [4.69, 9.17) is 21.1 Å². The van der Waals surface area contributed by atoms with Crippen LogP contribution in [-0.2, 0) is 13.2 Å². The highest BCUT2D eigenvalue weighted by atomic mass is 35.5. The fourth-order valence-corrected chi connectivity index (χ4v) is 2.19. The fraction of sp³-hybridized carbons (Fsp3) is 0.294. The van der Waals surface area contributed by atoms with E-state index >= 15 is 0 Å². The van der Waals surface area contributed by atoms with Crippen molar-refractivity contribution in [3.8, 4) is 11.5 Å².